The number of halogens is 18. The van der Waals surface area contributed by atoms with Crippen molar-refractivity contribution in [1.29, 1.82) is 0 Å². The molecule has 1 atom stereocenters. The van der Waals surface area contributed by atoms with Gasteiger partial charge in [0.15, 0.2) is 0 Å². The molecule has 0 aliphatic heterocycles. The average molecular weight is 893 g/mol. The summed E-state index contributed by atoms with van der Waals surface area (Å²) in [5, 5.41) is 28.4. The highest BCUT2D eigenvalue weighted by atomic mass is 28.5. The smallest absolute Gasteiger partial charge is 0.375 e. The van der Waals surface area contributed by atoms with Crippen LogP contribution >= 0.6 is 0 Å². The highest BCUT2D eigenvalue weighted by Gasteiger charge is 2.72. The Morgan fingerprint density at radius 3 is 0.667 bits per heavy atom. The molecule has 0 heterocycles. The maximum Gasteiger partial charge on any atom is 0.521 e. The van der Waals surface area contributed by atoms with Crippen LogP contribution in [0.5, 0.6) is 0 Å². The predicted molar refractivity (Wildman–Crippen MR) is 147 cm³/mol. The van der Waals surface area contributed by atoms with Gasteiger partial charge in [-0.15, -0.1) is 0 Å². The third-order valence-corrected chi connectivity index (χ3v) is 16.3. The van der Waals surface area contributed by atoms with E-state index in [1.165, 1.54) is 0 Å². The van der Waals surface area contributed by atoms with Gasteiger partial charge < -0.3 is 45.7 Å². The minimum Gasteiger partial charge on any atom is -0.375 e. The first-order chi connectivity index (χ1) is 23.8. The minimum absolute atomic E-state index is 0.0141. The molecule has 0 aromatic carbocycles. The van der Waals surface area contributed by atoms with Crippen molar-refractivity contribution < 1.29 is 125 Å². The van der Waals surface area contributed by atoms with E-state index < -0.39 is 99.5 Å². The van der Waals surface area contributed by atoms with Gasteiger partial charge in [0.2, 0.25) is 0 Å². The molecule has 0 aromatic heterocycles. The van der Waals surface area contributed by atoms with Gasteiger partial charge in [-0.2, -0.15) is 79.0 Å². The van der Waals surface area contributed by atoms with E-state index in [4.69, 9.17) is 30.4 Å². The number of rotatable bonds is 18. The molecule has 0 aliphatic rings. The fourth-order valence-corrected chi connectivity index (χ4v) is 12.6. The van der Waals surface area contributed by atoms with Crippen LogP contribution in [0.1, 0.15) is 19.3 Å². The molecule has 0 aromatic rings. The molecule has 0 saturated heterocycles. The Morgan fingerprint density at radius 2 is 0.519 bits per heavy atom. The molecule has 10 nitrogen and oxygen atoms in total. The third kappa shape index (κ3) is 11.4. The van der Waals surface area contributed by atoms with Crippen LogP contribution < -0.4 is 0 Å². The highest BCUT2D eigenvalue weighted by molar-refractivity contribution is 6.85. The van der Waals surface area contributed by atoms with Crippen molar-refractivity contribution in [3.05, 3.63) is 35.3 Å². The summed E-state index contributed by atoms with van der Waals surface area (Å²) < 4.78 is 274. The molecule has 320 valence electrons. The van der Waals surface area contributed by atoms with E-state index in [0.717, 1.165) is 0 Å². The SMILES string of the molecule is CO[Si](C=CCC(O)(C(F)(F)F)C(F)(F)F)(O[Si](/C=C\CC(O)(C(F)(F)F)C(F)(F)F)(OC)OC)O[Si](/C=C/CC(O)(C(F)(F)F)C(F)(F)F)(OC)OC. The molecule has 1 unspecified atom stereocenters. The molecule has 0 spiro atoms. The molecular formula is C23H30F18O10Si3. The minimum atomic E-state index is -6.48. The molecule has 0 saturated carbocycles. The Hall–Kier alpha value is -1.79. The Labute approximate surface area is 295 Å². The molecule has 0 rings (SSSR count). The maximum atomic E-state index is 13.3. The zero-order valence-electron chi connectivity index (χ0n) is 27.6. The van der Waals surface area contributed by atoms with Gasteiger partial charge in [-0.1, -0.05) is 18.2 Å². The van der Waals surface area contributed by atoms with E-state index in [1.807, 2.05) is 0 Å². The van der Waals surface area contributed by atoms with Crippen LogP contribution in [0.4, 0.5) is 79.0 Å². The first kappa shape index (κ1) is 52.2. The molecule has 0 aliphatic carbocycles. The number of alkyl halides is 18. The fraction of sp³-hybridized carbons (Fsp3) is 0.739. The van der Waals surface area contributed by atoms with Crippen LogP contribution in [0.2, 0.25) is 0 Å². The molecule has 3 N–H and O–H groups in total. The Morgan fingerprint density at radius 1 is 0.352 bits per heavy atom. The van der Waals surface area contributed by atoms with Crippen LogP contribution in [-0.2, 0) is 30.4 Å². The summed E-state index contributed by atoms with van der Waals surface area (Å²) in [6.45, 7) is 0. The van der Waals surface area contributed by atoms with Gasteiger partial charge in [-0.05, 0) is 17.1 Å². The van der Waals surface area contributed by atoms with E-state index in [-0.39, 0.29) is 35.3 Å². The van der Waals surface area contributed by atoms with Crippen molar-refractivity contribution in [1.82, 2.24) is 0 Å². The average Bonchev–Trinajstić information content (AvgIpc) is 3.00. The Bertz CT molecular complexity index is 1180. The lowest BCUT2D eigenvalue weighted by molar-refractivity contribution is -0.367. The van der Waals surface area contributed by atoms with E-state index in [2.05, 4.69) is 0 Å². The lowest BCUT2D eigenvalue weighted by atomic mass is 9.98. The topological polar surface area (TPSA) is 125 Å². The van der Waals surface area contributed by atoms with E-state index in [1.54, 1.807) is 0 Å². The summed E-state index contributed by atoms with van der Waals surface area (Å²) in [5.74, 6) is 0. The van der Waals surface area contributed by atoms with Crippen molar-refractivity contribution in [2.45, 2.75) is 73.1 Å². The monoisotopic (exact) mass is 892 g/mol. The number of hydrogen-bond donors (Lipinski definition) is 3. The number of aliphatic hydroxyl groups is 3. The third-order valence-electron chi connectivity index (χ3n) is 7.01. The Kier molecular flexibility index (Phi) is 16.8. The molecule has 0 amide bonds. The largest absolute Gasteiger partial charge is 0.521 e. The predicted octanol–water partition coefficient (Wildman–Crippen LogP) is 6.09. The molecule has 31 heteroatoms. The fourth-order valence-electron chi connectivity index (χ4n) is 3.61. The van der Waals surface area contributed by atoms with Crippen LogP contribution in [0.25, 0.3) is 0 Å². The van der Waals surface area contributed by atoms with Crippen molar-refractivity contribution in [2.75, 3.05) is 35.5 Å². The highest BCUT2D eigenvalue weighted by Crippen LogP contribution is 2.48. The molecule has 0 fully saturated rings. The van der Waals surface area contributed by atoms with Gasteiger partial charge in [0.1, 0.15) is 0 Å². The molecule has 0 radical (unpaired) electrons. The van der Waals surface area contributed by atoms with Gasteiger partial charge in [0.05, 0.1) is 0 Å². The summed E-state index contributed by atoms with van der Waals surface area (Å²) in [5.41, 5.74) is -16.2. The first-order valence-electron chi connectivity index (χ1n) is 13.6. The molecule has 54 heavy (non-hydrogen) atoms. The number of hydrogen-bond acceptors (Lipinski definition) is 10. The second-order valence-corrected chi connectivity index (χ2v) is 18.7. The normalized spacial score (nSPS) is 17.0. The quantitative estimate of drug-likeness (QED) is 0.110. The Balaban J connectivity index is 7.63. The van der Waals surface area contributed by atoms with Crippen molar-refractivity contribution in [3.8, 4) is 0 Å². The van der Waals surface area contributed by atoms with E-state index in [0.29, 0.717) is 35.5 Å². The van der Waals surface area contributed by atoms with Crippen LogP contribution in [0.3, 0.4) is 0 Å². The van der Waals surface area contributed by atoms with Gasteiger partial charge >= 0.3 is 63.5 Å². The van der Waals surface area contributed by atoms with Gasteiger partial charge in [0.25, 0.3) is 16.8 Å². The zero-order valence-corrected chi connectivity index (χ0v) is 30.6. The lowest BCUT2D eigenvalue weighted by Crippen LogP contribution is -2.62. The molecular weight excluding hydrogens is 862 g/mol. The second kappa shape index (κ2) is 17.4. The summed E-state index contributed by atoms with van der Waals surface area (Å²) >= 11 is 0. The van der Waals surface area contributed by atoms with Crippen LogP contribution in [0.15, 0.2) is 35.3 Å². The molecule has 0 bridgehead atoms. The van der Waals surface area contributed by atoms with Gasteiger partial charge in [-0.3, -0.25) is 0 Å². The van der Waals surface area contributed by atoms with Crippen LogP contribution in [-0.4, -0.2) is 131 Å². The summed E-state index contributed by atoms with van der Waals surface area (Å²) in [7, 11) is -13.5. The second-order valence-electron chi connectivity index (χ2n) is 10.4. The summed E-state index contributed by atoms with van der Waals surface area (Å²) in [6, 6.07) is 0. The van der Waals surface area contributed by atoms with E-state index in [9.17, 15) is 94.3 Å². The first-order valence-corrected chi connectivity index (χ1v) is 19.0. The van der Waals surface area contributed by atoms with Crippen molar-refractivity contribution in [3.63, 3.8) is 0 Å². The standard InChI is InChI=1S/C23H30F18O10Si3/c1-45-52(46-2,12-6-9-15(42,18(24,25)26)19(27,28)29)50-54(49-5,14-8-11-17(44,22(36,37)38)23(39,40)41)51-53(47-3,48-4)13-7-10-16(43,20(30,31)32)21(33,34)35/h6-8,12-14,42-44H,9-11H2,1-5H3/b12-6-,13-7+,14-8?. The zero-order chi connectivity index (χ0) is 43.3. The lowest BCUT2D eigenvalue weighted by Gasteiger charge is -2.38. The summed E-state index contributed by atoms with van der Waals surface area (Å²) in [4.78, 5) is 0. The van der Waals surface area contributed by atoms with Gasteiger partial charge in [-0.25, -0.2) is 0 Å². The van der Waals surface area contributed by atoms with Gasteiger partial charge in [0, 0.05) is 54.8 Å². The van der Waals surface area contributed by atoms with E-state index >= 15 is 0 Å². The summed E-state index contributed by atoms with van der Waals surface area (Å²) in [6.07, 6.45) is -46.2. The maximum absolute atomic E-state index is 13.3. The van der Waals surface area contributed by atoms with Crippen molar-refractivity contribution >= 4 is 26.4 Å². The van der Waals surface area contributed by atoms with Crippen LogP contribution in [0, 0.1) is 0 Å². The van der Waals surface area contributed by atoms with Crippen molar-refractivity contribution in [2.24, 2.45) is 0 Å².